The molecule has 0 rings (SSSR count). The molecule has 0 saturated carbocycles. The monoisotopic (exact) mass is 784 g/mol. The maximum Gasteiger partial charge on any atom is 0.472 e. The first-order valence-corrected chi connectivity index (χ1v) is 22.0. The lowest BCUT2D eigenvalue weighted by atomic mass is 10.1. The summed E-state index contributed by atoms with van der Waals surface area (Å²) in [6.45, 7) is 2.11. The molecule has 0 aromatic carbocycles. The molecule has 0 aliphatic carbocycles. The van der Waals surface area contributed by atoms with Crippen molar-refractivity contribution in [2.24, 2.45) is 0 Å². The van der Waals surface area contributed by atoms with E-state index in [2.05, 4.69) is 42.7 Å². The van der Waals surface area contributed by atoms with Crippen LogP contribution in [0.25, 0.3) is 0 Å². The van der Waals surface area contributed by atoms with Crippen LogP contribution in [0, 0.1) is 0 Å². The lowest BCUT2D eigenvalue weighted by Gasteiger charge is -2.20. The van der Waals surface area contributed by atoms with Crippen molar-refractivity contribution in [1.82, 2.24) is 0 Å². The highest BCUT2D eigenvalue weighted by atomic mass is 31.2. The molecule has 0 saturated heterocycles. The molecule has 0 radical (unpaired) electrons. The second kappa shape index (κ2) is 37.5. The van der Waals surface area contributed by atoms with Crippen molar-refractivity contribution in [2.45, 2.75) is 174 Å². The van der Waals surface area contributed by atoms with Gasteiger partial charge in [-0.3, -0.25) is 23.4 Å². The highest BCUT2D eigenvalue weighted by Crippen LogP contribution is 2.43. The van der Waals surface area contributed by atoms with E-state index in [-0.39, 0.29) is 25.2 Å². The minimum absolute atomic E-state index is 0.128. The zero-order chi connectivity index (χ0) is 40.0. The molecular weight excluding hydrogens is 711 g/mol. The van der Waals surface area contributed by atoms with Crippen LogP contribution in [0.5, 0.6) is 0 Å². The summed E-state index contributed by atoms with van der Waals surface area (Å²) in [5.41, 5.74) is 0. The Bertz CT molecular complexity index is 1100. The summed E-state index contributed by atoms with van der Waals surface area (Å²) in [6.07, 6.45) is 34.8. The molecule has 3 N–H and O–H groups in total. The summed E-state index contributed by atoms with van der Waals surface area (Å²) in [5, 5.41) is 18.3. The average molecular weight is 785 g/mol. The molecule has 12 heteroatoms. The van der Waals surface area contributed by atoms with Crippen LogP contribution >= 0.6 is 7.82 Å². The number of ether oxygens (including phenoxy) is 2. The molecule has 0 aromatic rings. The summed E-state index contributed by atoms with van der Waals surface area (Å²) >= 11 is 0. The number of esters is 2. The number of carbonyl (C=O) groups excluding carboxylic acids is 3. The van der Waals surface area contributed by atoms with E-state index < -0.39 is 51.8 Å². The number of phosphoric acid groups is 1. The van der Waals surface area contributed by atoms with E-state index in [4.69, 9.17) is 19.1 Å². The van der Waals surface area contributed by atoms with E-state index in [1.165, 1.54) is 19.3 Å². The Balaban J connectivity index is 4.43. The van der Waals surface area contributed by atoms with E-state index in [1.54, 1.807) is 12.2 Å². The van der Waals surface area contributed by atoms with Crippen LogP contribution in [-0.4, -0.2) is 71.5 Å². The largest absolute Gasteiger partial charge is 0.472 e. The van der Waals surface area contributed by atoms with Gasteiger partial charge in [-0.15, -0.1) is 0 Å². The van der Waals surface area contributed by atoms with Crippen molar-refractivity contribution < 1.29 is 52.6 Å². The number of phosphoric ester groups is 1. The second-order valence-electron chi connectivity index (χ2n) is 13.7. The summed E-state index contributed by atoms with van der Waals surface area (Å²) < 4.78 is 32.6. The number of aliphatic hydroxyl groups excluding tert-OH is 2. The molecule has 0 fully saturated rings. The van der Waals surface area contributed by atoms with Crippen LogP contribution in [0.3, 0.4) is 0 Å². The number of unbranched alkanes of at least 4 members (excludes halogenated alkanes) is 15. The second-order valence-corrected chi connectivity index (χ2v) is 15.1. The SMILES string of the molecule is CCCCC/C=C\C/C=C\CCCCCCCC(=O)OC[C@H](COP(=O)(O)OC[C@@H](O)CO)OC(=O)CCCCCCC/C=C\C=C\C(=O)CCCCC. The Kier molecular flexibility index (Phi) is 35.9. The Morgan fingerprint density at radius 3 is 1.76 bits per heavy atom. The van der Waals surface area contributed by atoms with Crippen LogP contribution in [0.4, 0.5) is 0 Å². The Morgan fingerprint density at radius 2 is 1.13 bits per heavy atom. The van der Waals surface area contributed by atoms with Gasteiger partial charge in [-0.25, -0.2) is 4.57 Å². The van der Waals surface area contributed by atoms with Crippen molar-refractivity contribution in [3.05, 3.63) is 48.6 Å². The van der Waals surface area contributed by atoms with Crippen molar-refractivity contribution in [1.29, 1.82) is 0 Å². The van der Waals surface area contributed by atoms with Gasteiger partial charge in [0.2, 0.25) is 0 Å². The van der Waals surface area contributed by atoms with Crippen molar-refractivity contribution >= 4 is 25.5 Å². The molecule has 3 atom stereocenters. The molecule has 11 nitrogen and oxygen atoms in total. The molecule has 0 aliphatic heterocycles. The Hall–Kier alpha value is -2.40. The predicted molar refractivity (Wildman–Crippen MR) is 215 cm³/mol. The smallest absolute Gasteiger partial charge is 0.462 e. The molecule has 1 unspecified atom stereocenters. The van der Waals surface area contributed by atoms with E-state index in [9.17, 15) is 28.9 Å². The Labute approximate surface area is 326 Å². The van der Waals surface area contributed by atoms with E-state index in [1.807, 2.05) is 12.2 Å². The summed E-state index contributed by atoms with van der Waals surface area (Å²) in [6, 6.07) is 0. The van der Waals surface area contributed by atoms with Gasteiger partial charge >= 0.3 is 19.8 Å². The third-order valence-corrected chi connectivity index (χ3v) is 9.38. The van der Waals surface area contributed by atoms with Gasteiger partial charge in [0.25, 0.3) is 0 Å². The van der Waals surface area contributed by atoms with Crippen molar-refractivity contribution in [3.63, 3.8) is 0 Å². The molecule has 0 amide bonds. The highest BCUT2D eigenvalue weighted by Gasteiger charge is 2.27. The fraction of sp³-hybridized carbons (Fsp3) is 0.738. The molecular formula is C42H73O11P. The normalized spacial score (nSPS) is 14.3. The first kappa shape index (κ1) is 51.6. The molecule has 54 heavy (non-hydrogen) atoms. The number of hydrogen-bond acceptors (Lipinski definition) is 10. The third kappa shape index (κ3) is 36.6. The van der Waals surface area contributed by atoms with Gasteiger partial charge in [0.15, 0.2) is 11.9 Å². The van der Waals surface area contributed by atoms with Crippen molar-refractivity contribution in [2.75, 3.05) is 26.4 Å². The van der Waals surface area contributed by atoms with Crippen LogP contribution in [0.1, 0.15) is 162 Å². The van der Waals surface area contributed by atoms with Gasteiger partial charge in [-0.2, -0.15) is 0 Å². The number of ketones is 1. The number of hydrogen-bond donors (Lipinski definition) is 3. The minimum Gasteiger partial charge on any atom is -0.462 e. The van der Waals surface area contributed by atoms with Crippen LogP contribution in [-0.2, 0) is 37.5 Å². The number of carbonyl (C=O) groups is 3. The summed E-state index contributed by atoms with van der Waals surface area (Å²) in [7, 11) is -4.64. The Morgan fingerprint density at radius 1 is 0.611 bits per heavy atom. The van der Waals surface area contributed by atoms with Crippen LogP contribution in [0.2, 0.25) is 0 Å². The highest BCUT2D eigenvalue weighted by molar-refractivity contribution is 7.47. The minimum atomic E-state index is -4.64. The zero-order valence-electron chi connectivity index (χ0n) is 33.4. The van der Waals surface area contributed by atoms with Gasteiger partial charge in [-0.05, 0) is 70.3 Å². The lowest BCUT2D eigenvalue weighted by molar-refractivity contribution is -0.161. The first-order valence-electron chi connectivity index (χ1n) is 20.5. The van der Waals surface area contributed by atoms with Gasteiger partial charge in [0, 0.05) is 19.3 Å². The number of allylic oxidation sites excluding steroid dienone is 8. The van der Waals surface area contributed by atoms with E-state index in [0.717, 1.165) is 96.3 Å². The third-order valence-electron chi connectivity index (χ3n) is 8.43. The summed E-state index contributed by atoms with van der Waals surface area (Å²) in [4.78, 5) is 46.6. The topological polar surface area (TPSA) is 166 Å². The van der Waals surface area contributed by atoms with Gasteiger partial charge in [-0.1, -0.05) is 121 Å². The average Bonchev–Trinajstić information content (AvgIpc) is 3.15. The molecule has 312 valence electrons. The quantitative estimate of drug-likeness (QED) is 0.0136. The fourth-order valence-corrected chi connectivity index (χ4v) is 5.97. The van der Waals surface area contributed by atoms with Gasteiger partial charge < -0.3 is 24.6 Å². The molecule has 0 aromatic heterocycles. The van der Waals surface area contributed by atoms with E-state index in [0.29, 0.717) is 19.3 Å². The number of rotatable bonds is 38. The predicted octanol–water partition coefficient (Wildman–Crippen LogP) is 9.73. The summed E-state index contributed by atoms with van der Waals surface area (Å²) in [5.74, 6) is -0.846. The lowest BCUT2D eigenvalue weighted by Crippen LogP contribution is -2.29. The maximum atomic E-state index is 12.6. The van der Waals surface area contributed by atoms with Crippen LogP contribution < -0.4 is 0 Å². The van der Waals surface area contributed by atoms with Crippen molar-refractivity contribution in [3.8, 4) is 0 Å². The standard InChI is InChI=1S/C42H73O11P/c1-3-5-7-8-9-10-11-12-13-14-15-18-21-24-28-32-41(46)50-36-40(37-52-54(48,49)51-35-39(45)34-43)53-42(47)33-29-25-22-19-16-17-20-23-27-31-38(44)30-26-6-4-2/h9-10,12-13,20,23,27,31,39-40,43,45H,3-8,11,14-19,21-22,24-26,28-30,32-37H2,1-2H3,(H,48,49)/b10-9-,13-12-,23-20-,31-27+/t39-,40+/m0/s1. The molecule has 0 heterocycles. The molecule has 0 bridgehead atoms. The zero-order valence-corrected chi connectivity index (χ0v) is 34.3. The maximum absolute atomic E-state index is 12.6. The van der Waals surface area contributed by atoms with Gasteiger partial charge in [0.1, 0.15) is 12.7 Å². The number of aliphatic hydroxyl groups is 2. The van der Waals surface area contributed by atoms with E-state index >= 15 is 0 Å². The van der Waals surface area contributed by atoms with Crippen LogP contribution in [0.15, 0.2) is 48.6 Å². The molecule has 0 aliphatic rings. The molecule has 0 spiro atoms. The van der Waals surface area contributed by atoms with Gasteiger partial charge in [0.05, 0.1) is 19.8 Å². The first-order chi connectivity index (χ1) is 26.1. The fourth-order valence-electron chi connectivity index (χ4n) is 5.18.